The molecule has 4 nitrogen and oxygen atoms in total. The number of rotatable bonds is 3. The fourth-order valence-corrected chi connectivity index (χ4v) is 3.85. The van der Waals surface area contributed by atoms with E-state index in [2.05, 4.69) is 55.5 Å². The van der Waals surface area contributed by atoms with Crippen molar-refractivity contribution in [2.75, 3.05) is 19.6 Å². The van der Waals surface area contributed by atoms with E-state index in [1.807, 2.05) is 12.1 Å². The lowest BCUT2D eigenvalue weighted by Gasteiger charge is -2.45. The van der Waals surface area contributed by atoms with Crippen LogP contribution in [0.15, 0.2) is 29.4 Å². The predicted octanol–water partition coefficient (Wildman–Crippen LogP) is 2.18. The monoisotopic (exact) mass is 414 g/mol. The minimum Gasteiger partial charge on any atom is -0.357 e. The average molecular weight is 414 g/mol. The fourth-order valence-electron chi connectivity index (χ4n) is 3.08. The van der Waals surface area contributed by atoms with Gasteiger partial charge >= 0.3 is 0 Å². The highest BCUT2D eigenvalue weighted by Gasteiger charge is 2.34. The van der Waals surface area contributed by atoms with Crippen molar-refractivity contribution in [2.24, 2.45) is 11.0 Å². The molecule has 3 aliphatic heterocycles. The summed E-state index contributed by atoms with van der Waals surface area (Å²) in [4.78, 5) is 2.51. The number of hydrazone groups is 1. The number of thiocarbonyl (C=S) groups is 1. The molecule has 4 rings (SSSR count). The highest BCUT2D eigenvalue weighted by Crippen LogP contribution is 2.27. The van der Waals surface area contributed by atoms with Gasteiger partial charge in [-0.2, -0.15) is 5.10 Å². The van der Waals surface area contributed by atoms with E-state index in [9.17, 15) is 0 Å². The summed E-state index contributed by atoms with van der Waals surface area (Å²) in [5.74, 6) is 0.759. The Balaban J connectivity index is 1.48. The van der Waals surface area contributed by atoms with Crippen molar-refractivity contribution in [2.45, 2.75) is 18.9 Å². The van der Waals surface area contributed by atoms with Gasteiger partial charge in [0, 0.05) is 16.2 Å². The number of halogens is 1. The third-order valence-corrected chi connectivity index (χ3v) is 5.08. The van der Waals surface area contributed by atoms with Crippen LogP contribution >= 0.6 is 34.8 Å². The second-order valence-corrected chi connectivity index (χ2v) is 7.30. The summed E-state index contributed by atoms with van der Waals surface area (Å²) in [5.41, 5.74) is 4.00. The van der Waals surface area contributed by atoms with Gasteiger partial charge in [-0.15, -0.1) is 0 Å². The van der Waals surface area contributed by atoms with Gasteiger partial charge in [-0.25, -0.2) is 0 Å². The van der Waals surface area contributed by atoms with Crippen LogP contribution in [-0.2, 0) is 0 Å². The van der Waals surface area contributed by atoms with Crippen LogP contribution < -0.4 is 10.7 Å². The number of nitrogens with one attached hydrogen (secondary N) is 2. The second-order valence-electron chi connectivity index (χ2n) is 5.64. The van der Waals surface area contributed by atoms with Gasteiger partial charge < -0.3 is 10.2 Å². The first kappa shape index (κ1) is 15.2. The first-order valence-corrected chi connectivity index (χ1v) is 8.77. The molecule has 0 saturated carbocycles. The van der Waals surface area contributed by atoms with Crippen molar-refractivity contribution in [1.82, 2.24) is 15.6 Å². The van der Waals surface area contributed by atoms with Crippen molar-refractivity contribution in [3.8, 4) is 0 Å². The number of fused-ring (bicyclic) bond motifs is 3. The van der Waals surface area contributed by atoms with Crippen molar-refractivity contribution in [3.05, 3.63) is 33.4 Å². The third kappa shape index (κ3) is 4.14. The summed E-state index contributed by atoms with van der Waals surface area (Å²) >= 11 is 7.63. The molecule has 1 unspecified atom stereocenters. The Morgan fingerprint density at radius 3 is 2.86 bits per heavy atom. The Hall–Kier alpha value is -0.730. The molecule has 1 aromatic rings. The molecule has 0 aliphatic carbocycles. The maximum atomic E-state index is 5.34. The minimum atomic E-state index is 0.473. The van der Waals surface area contributed by atoms with E-state index in [0.29, 0.717) is 11.2 Å². The molecular formula is C15H19IN4S. The van der Waals surface area contributed by atoms with E-state index < -0.39 is 0 Å². The SMILES string of the molecule is S=C(NN=Cc1cccc(I)c1)NC1CN2CCC1CC2. The Morgan fingerprint density at radius 1 is 1.38 bits per heavy atom. The van der Waals surface area contributed by atoms with Crippen LogP contribution in [0.5, 0.6) is 0 Å². The number of hydrogen-bond acceptors (Lipinski definition) is 3. The molecule has 1 aromatic carbocycles. The highest BCUT2D eigenvalue weighted by molar-refractivity contribution is 14.1. The molecular weight excluding hydrogens is 395 g/mol. The smallest absolute Gasteiger partial charge is 0.187 e. The van der Waals surface area contributed by atoms with Gasteiger partial charge in [-0.3, -0.25) is 5.43 Å². The quantitative estimate of drug-likeness (QED) is 0.344. The Morgan fingerprint density at radius 2 is 2.19 bits per heavy atom. The molecule has 3 aliphatic rings. The highest BCUT2D eigenvalue weighted by atomic mass is 127. The average Bonchev–Trinajstić information content (AvgIpc) is 2.48. The van der Waals surface area contributed by atoms with Gasteiger partial charge in [0.1, 0.15) is 0 Å². The molecule has 6 heteroatoms. The van der Waals surface area contributed by atoms with Gasteiger partial charge in [-0.05, 0) is 84.4 Å². The summed E-state index contributed by atoms with van der Waals surface area (Å²) in [7, 11) is 0. The number of nitrogens with zero attached hydrogens (tertiary/aromatic N) is 2. The molecule has 3 saturated heterocycles. The van der Waals surface area contributed by atoms with Crippen molar-refractivity contribution in [3.63, 3.8) is 0 Å². The van der Waals surface area contributed by atoms with E-state index in [-0.39, 0.29) is 0 Å². The molecule has 1 atom stereocenters. The second kappa shape index (κ2) is 7.02. The van der Waals surface area contributed by atoms with Gasteiger partial charge in [0.2, 0.25) is 0 Å². The molecule has 3 heterocycles. The molecule has 21 heavy (non-hydrogen) atoms. The van der Waals surface area contributed by atoms with Crippen molar-refractivity contribution in [1.29, 1.82) is 0 Å². The normalized spacial score (nSPS) is 27.8. The van der Waals surface area contributed by atoms with E-state index in [0.717, 1.165) is 18.0 Å². The van der Waals surface area contributed by atoms with Crippen LogP contribution in [0.25, 0.3) is 0 Å². The zero-order chi connectivity index (χ0) is 14.7. The number of hydrogen-bond donors (Lipinski definition) is 2. The maximum Gasteiger partial charge on any atom is 0.187 e. The Labute approximate surface area is 144 Å². The molecule has 0 spiro atoms. The first-order chi connectivity index (χ1) is 10.2. The molecule has 3 fully saturated rings. The lowest BCUT2D eigenvalue weighted by atomic mass is 9.84. The largest absolute Gasteiger partial charge is 0.357 e. The predicted molar refractivity (Wildman–Crippen MR) is 98.6 cm³/mol. The van der Waals surface area contributed by atoms with E-state index >= 15 is 0 Å². The van der Waals surface area contributed by atoms with E-state index in [1.54, 1.807) is 6.21 Å². The van der Waals surface area contributed by atoms with Crippen LogP contribution in [-0.4, -0.2) is 41.9 Å². The zero-order valence-electron chi connectivity index (χ0n) is 11.8. The topological polar surface area (TPSA) is 39.7 Å². The number of piperidine rings is 3. The summed E-state index contributed by atoms with van der Waals surface area (Å²) in [6.07, 6.45) is 4.37. The first-order valence-electron chi connectivity index (χ1n) is 7.28. The Bertz CT molecular complexity index is 540. The van der Waals surface area contributed by atoms with E-state index in [1.165, 1.54) is 29.5 Å². The van der Waals surface area contributed by atoms with Crippen LogP contribution in [0.3, 0.4) is 0 Å². The fraction of sp³-hybridized carbons (Fsp3) is 0.467. The minimum absolute atomic E-state index is 0.473. The van der Waals surface area contributed by atoms with Crippen LogP contribution in [0.1, 0.15) is 18.4 Å². The van der Waals surface area contributed by atoms with Crippen molar-refractivity contribution < 1.29 is 0 Å². The van der Waals surface area contributed by atoms with Crippen LogP contribution in [0, 0.1) is 9.49 Å². The van der Waals surface area contributed by atoms with Gasteiger partial charge in [0.15, 0.2) is 5.11 Å². The standard InChI is InChI=1S/C15H19IN4S/c16-13-3-1-2-11(8-13)9-17-19-15(21)18-14-10-20-6-4-12(14)5-7-20/h1-3,8-9,12,14H,4-7,10H2,(H2,18,19,21). The molecule has 0 aromatic heterocycles. The molecule has 2 N–H and O–H groups in total. The van der Waals surface area contributed by atoms with Gasteiger partial charge in [0.25, 0.3) is 0 Å². The molecule has 2 bridgehead atoms. The molecule has 112 valence electrons. The Kier molecular flexibility index (Phi) is 5.07. The lowest BCUT2D eigenvalue weighted by Crippen LogP contribution is -2.58. The molecule has 0 radical (unpaired) electrons. The molecule has 0 amide bonds. The summed E-state index contributed by atoms with van der Waals surface area (Å²) in [6.45, 7) is 3.59. The van der Waals surface area contributed by atoms with Gasteiger partial charge in [0.05, 0.1) is 6.21 Å². The maximum absolute atomic E-state index is 5.34. The van der Waals surface area contributed by atoms with Crippen molar-refractivity contribution >= 4 is 46.1 Å². The van der Waals surface area contributed by atoms with Crippen LogP contribution in [0.2, 0.25) is 0 Å². The summed E-state index contributed by atoms with van der Waals surface area (Å²) < 4.78 is 1.20. The van der Waals surface area contributed by atoms with Crippen LogP contribution in [0.4, 0.5) is 0 Å². The zero-order valence-corrected chi connectivity index (χ0v) is 14.7. The van der Waals surface area contributed by atoms with E-state index in [4.69, 9.17) is 12.2 Å². The summed E-state index contributed by atoms with van der Waals surface area (Å²) in [6, 6.07) is 8.66. The lowest BCUT2D eigenvalue weighted by molar-refractivity contribution is 0.0812. The summed E-state index contributed by atoms with van der Waals surface area (Å²) in [5, 5.41) is 8.25. The van der Waals surface area contributed by atoms with Gasteiger partial charge in [-0.1, -0.05) is 12.1 Å². The number of benzene rings is 1. The third-order valence-electron chi connectivity index (χ3n) is 4.20.